The number of carbonyl (C=O) groups is 2. The van der Waals surface area contributed by atoms with Crippen LogP contribution in [0.4, 0.5) is 0 Å². The SMILES string of the molecule is Cc1cccc(C(=O)N/N=C2\CCCc3oc(C(=O)N4CCOCC4)c(C)c32)c1. The first kappa shape index (κ1) is 19.4. The lowest BCUT2D eigenvalue weighted by atomic mass is 9.93. The normalized spacial score (nSPS) is 17.9. The number of rotatable bonds is 3. The van der Waals surface area contributed by atoms with E-state index in [1.807, 2.05) is 32.0 Å². The van der Waals surface area contributed by atoms with Gasteiger partial charge in [-0.3, -0.25) is 9.59 Å². The number of carbonyl (C=O) groups excluding carboxylic acids is 2. The van der Waals surface area contributed by atoms with Crippen molar-refractivity contribution < 1.29 is 18.7 Å². The standard InChI is InChI=1S/C22H25N3O4/c1-14-5-3-6-16(13-14)21(26)24-23-17-7-4-8-18-19(17)15(2)20(29-18)22(27)25-9-11-28-12-10-25/h3,5-6,13H,4,7-12H2,1-2H3,(H,24,26)/b23-17+. The molecule has 0 atom stereocenters. The number of fused-ring (bicyclic) bond motifs is 1. The van der Waals surface area contributed by atoms with Crippen molar-refractivity contribution in [1.82, 2.24) is 10.3 Å². The van der Waals surface area contributed by atoms with Crippen LogP contribution >= 0.6 is 0 Å². The number of nitrogens with one attached hydrogen (secondary N) is 1. The zero-order valence-corrected chi connectivity index (χ0v) is 16.8. The molecule has 7 nitrogen and oxygen atoms in total. The topological polar surface area (TPSA) is 84.1 Å². The molecule has 1 fully saturated rings. The Balaban J connectivity index is 1.57. The van der Waals surface area contributed by atoms with Crippen molar-refractivity contribution in [2.24, 2.45) is 5.10 Å². The van der Waals surface area contributed by atoms with E-state index >= 15 is 0 Å². The second-order valence-corrected chi connectivity index (χ2v) is 7.48. The van der Waals surface area contributed by atoms with Gasteiger partial charge in [-0.1, -0.05) is 17.7 Å². The van der Waals surface area contributed by atoms with E-state index in [0.29, 0.717) is 37.6 Å². The minimum absolute atomic E-state index is 0.108. The third kappa shape index (κ3) is 3.96. The summed E-state index contributed by atoms with van der Waals surface area (Å²) >= 11 is 0. The molecule has 2 aromatic rings. The van der Waals surface area contributed by atoms with Gasteiger partial charge in [-0.05, 0) is 38.8 Å². The van der Waals surface area contributed by atoms with Crippen molar-refractivity contribution in [1.29, 1.82) is 0 Å². The molecule has 152 valence electrons. The quantitative estimate of drug-likeness (QED) is 0.810. The van der Waals surface area contributed by atoms with E-state index in [2.05, 4.69) is 10.5 Å². The highest BCUT2D eigenvalue weighted by molar-refractivity contribution is 6.07. The summed E-state index contributed by atoms with van der Waals surface area (Å²) in [5.74, 6) is 0.785. The Labute approximate surface area is 169 Å². The summed E-state index contributed by atoms with van der Waals surface area (Å²) in [5, 5.41) is 4.39. The van der Waals surface area contributed by atoms with Crippen molar-refractivity contribution >= 4 is 17.5 Å². The van der Waals surface area contributed by atoms with Gasteiger partial charge in [0.1, 0.15) is 5.76 Å². The van der Waals surface area contributed by atoms with E-state index < -0.39 is 0 Å². The molecule has 2 amide bonds. The molecule has 0 bridgehead atoms. The average Bonchev–Trinajstić information content (AvgIpc) is 3.09. The molecule has 1 aliphatic carbocycles. The first-order chi connectivity index (χ1) is 14.0. The maximum atomic E-state index is 12.9. The van der Waals surface area contributed by atoms with Gasteiger partial charge in [0.15, 0.2) is 5.76 Å². The molecule has 7 heteroatoms. The number of nitrogens with zero attached hydrogens (tertiary/aromatic N) is 2. The highest BCUT2D eigenvalue weighted by atomic mass is 16.5. The Hall–Kier alpha value is -2.93. The average molecular weight is 395 g/mol. The van der Waals surface area contributed by atoms with Crippen LogP contribution in [0.15, 0.2) is 33.8 Å². The number of benzene rings is 1. The molecule has 1 saturated heterocycles. The molecule has 0 unspecified atom stereocenters. The molecular weight excluding hydrogens is 370 g/mol. The first-order valence-corrected chi connectivity index (χ1v) is 9.98. The summed E-state index contributed by atoms with van der Waals surface area (Å²) in [6, 6.07) is 7.37. The number of hydrogen-bond donors (Lipinski definition) is 1. The highest BCUT2D eigenvalue weighted by Gasteiger charge is 2.30. The monoisotopic (exact) mass is 395 g/mol. The van der Waals surface area contributed by atoms with E-state index in [1.165, 1.54) is 0 Å². The number of aryl methyl sites for hydroxylation is 2. The zero-order valence-electron chi connectivity index (χ0n) is 16.8. The predicted molar refractivity (Wildman–Crippen MR) is 108 cm³/mol. The van der Waals surface area contributed by atoms with E-state index in [9.17, 15) is 9.59 Å². The van der Waals surface area contributed by atoms with Crippen molar-refractivity contribution in [3.8, 4) is 0 Å². The van der Waals surface area contributed by atoms with Crippen LogP contribution in [-0.4, -0.2) is 48.7 Å². The molecule has 2 aliphatic rings. The van der Waals surface area contributed by atoms with E-state index in [1.54, 1.807) is 11.0 Å². The fourth-order valence-electron chi connectivity index (χ4n) is 3.86. The predicted octanol–water partition coefficient (Wildman–Crippen LogP) is 2.84. The Bertz CT molecular complexity index is 970. The minimum atomic E-state index is -0.251. The molecule has 1 N–H and O–H groups in total. The highest BCUT2D eigenvalue weighted by Crippen LogP contribution is 2.30. The van der Waals surface area contributed by atoms with Crippen LogP contribution in [0.5, 0.6) is 0 Å². The van der Waals surface area contributed by atoms with Crippen molar-refractivity contribution in [2.75, 3.05) is 26.3 Å². The van der Waals surface area contributed by atoms with Crippen LogP contribution < -0.4 is 5.43 Å². The summed E-state index contributed by atoms with van der Waals surface area (Å²) in [6.07, 6.45) is 2.36. The fourth-order valence-corrected chi connectivity index (χ4v) is 3.86. The largest absolute Gasteiger partial charge is 0.455 e. The number of hydrazone groups is 1. The van der Waals surface area contributed by atoms with Gasteiger partial charge in [-0.2, -0.15) is 5.10 Å². The van der Waals surface area contributed by atoms with E-state index in [0.717, 1.165) is 47.4 Å². The number of ether oxygens (including phenoxy) is 1. The van der Waals surface area contributed by atoms with E-state index in [-0.39, 0.29) is 11.8 Å². The lowest BCUT2D eigenvalue weighted by molar-refractivity contribution is 0.0281. The summed E-state index contributed by atoms with van der Waals surface area (Å²) in [5.41, 5.74) is 6.65. The summed E-state index contributed by atoms with van der Waals surface area (Å²) in [4.78, 5) is 27.1. The summed E-state index contributed by atoms with van der Waals surface area (Å²) in [6.45, 7) is 6.05. The fraction of sp³-hybridized carbons (Fsp3) is 0.409. The second kappa shape index (κ2) is 8.21. The van der Waals surface area contributed by atoms with Crippen molar-refractivity contribution in [3.63, 3.8) is 0 Å². The molecular formula is C22H25N3O4. The number of hydrogen-bond acceptors (Lipinski definition) is 5. The van der Waals surface area contributed by atoms with Gasteiger partial charge in [0, 0.05) is 36.2 Å². The lowest BCUT2D eigenvalue weighted by Gasteiger charge is -2.26. The molecule has 4 rings (SSSR count). The third-order valence-electron chi connectivity index (χ3n) is 5.39. The molecule has 1 aromatic carbocycles. The van der Waals surface area contributed by atoms with Crippen LogP contribution in [0.25, 0.3) is 0 Å². The molecule has 1 aliphatic heterocycles. The Morgan fingerprint density at radius 2 is 1.93 bits per heavy atom. The van der Waals surface area contributed by atoms with Crippen LogP contribution in [0.1, 0.15) is 56.2 Å². The molecule has 0 radical (unpaired) electrons. The zero-order chi connectivity index (χ0) is 20.4. The van der Waals surface area contributed by atoms with Crippen molar-refractivity contribution in [2.45, 2.75) is 33.1 Å². The Morgan fingerprint density at radius 1 is 1.14 bits per heavy atom. The first-order valence-electron chi connectivity index (χ1n) is 9.98. The van der Waals surface area contributed by atoms with Crippen LogP contribution in [-0.2, 0) is 11.2 Å². The number of furan rings is 1. The van der Waals surface area contributed by atoms with Gasteiger partial charge in [0.25, 0.3) is 11.8 Å². The molecule has 0 spiro atoms. The minimum Gasteiger partial charge on any atom is -0.455 e. The van der Waals surface area contributed by atoms with Gasteiger partial charge in [0.2, 0.25) is 0 Å². The maximum absolute atomic E-state index is 12.9. The van der Waals surface area contributed by atoms with E-state index in [4.69, 9.17) is 9.15 Å². The van der Waals surface area contributed by atoms with Crippen LogP contribution in [0.2, 0.25) is 0 Å². The van der Waals surface area contributed by atoms with Gasteiger partial charge in [-0.25, -0.2) is 5.43 Å². The van der Waals surface area contributed by atoms with Gasteiger partial charge in [0.05, 0.1) is 18.9 Å². The molecule has 0 saturated carbocycles. The number of morpholine rings is 1. The molecule has 2 heterocycles. The van der Waals surface area contributed by atoms with Crippen LogP contribution in [0, 0.1) is 13.8 Å². The Morgan fingerprint density at radius 3 is 2.69 bits per heavy atom. The van der Waals surface area contributed by atoms with Crippen molar-refractivity contribution in [3.05, 3.63) is 58.0 Å². The summed E-state index contributed by atoms with van der Waals surface area (Å²) in [7, 11) is 0. The number of amides is 2. The third-order valence-corrected chi connectivity index (χ3v) is 5.39. The summed E-state index contributed by atoms with van der Waals surface area (Å²) < 4.78 is 11.3. The van der Waals surface area contributed by atoms with Crippen LogP contribution in [0.3, 0.4) is 0 Å². The van der Waals surface area contributed by atoms with Gasteiger partial charge in [-0.15, -0.1) is 0 Å². The molecule has 29 heavy (non-hydrogen) atoms. The Kier molecular flexibility index (Phi) is 5.49. The maximum Gasteiger partial charge on any atom is 0.290 e. The van der Waals surface area contributed by atoms with Gasteiger partial charge >= 0.3 is 0 Å². The lowest BCUT2D eigenvalue weighted by Crippen LogP contribution is -2.40. The second-order valence-electron chi connectivity index (χ2n) is 7.48. The smallest absolute Gasteiger partial charge is 0.290 e. The molecule has 1 aromatic heterocycles. The van der Waals surface area contributed by atoms with Gasteiger partial charge < -0.3 is 14.1 Å².